The number of ether oxygens (including phenoxy) is 1. The highest BCUT2D eigenvalue weighted by Gasteiger charge is 2.29. The minimum Gasteiger partial charge on any atom is -0.446 e. The first-order valence-corrected chi connectivity index (χ1v) is 9.01. The van der Waals surface area contributed by atoms with E-state index in [0.29, 0.717) is 13.1 Å². The van der Waals surface area contributed by atoms with E-state index in [9.17, 15) is 9.36 Å². The highest BCUT2D eigenvalue weighted by Crippen LogP contribution is 2.35. The van der Waals surface area contributed by atoms with Crippen molar-refractivity contribution in [3.63, 3.8) is 0 Å². The summed E-state index contributed by atoms with van der Waals surface area (Å²) in [6, 6.07) is 7.85. The molecule has 1 aromatic rings. The van der Waals surface area contributed by atoms with Crippen LogP contribution in [0.2, 0.25) is 0 Å². The molecule has 1 amide bonds. The van der Waals surface area contributed by atoms with Gasteiger partial charge in [-0.05, 0) is 36.8 Å². The Labute approximate surface area is 124 Å². The number of hydrogen-bond acceptors (Lipinski definition) is 3. The fourth-order valence-corrected chi connectivity index (χ4v) is 4.11. The number of benzene rings is 1. The standard InChI is InChI=1S/C14H20N3O3P/c18-14(20-13-7-3-4-8-13)17-21(19)15-9-11-5-1-2-6-12(11)10-16-21/h1-2,5-6,13H,3-4,7-10H2,(H3,15,16,17,18,19). The summed E-state index contributed by atoms with van der Waals surface area (Å²) in [6.45, 7) is 0.897. The van der Waals surface area contributed by atoms with E-state index in [1.54, 1.807) is 0 Å². The van der Waals surface area contributed by atoms with Crippen molar-refractivity contribution in [1.82, 2.24) is 15.3 Å². The first-order chi connectivity index (χ1) is 10.1. The van der Waals surface area contributed by atoms with Gasteiger partial charge in [-0.1, -0.05) is 24.3 Å². The van der Waals surface area contributed by atoms with Gasteiger partial charge in [-0.3, -0.25) is 4.57 Å². The molecule has 1 aliphatic heterocycles. The predicted molar refractivity (Wildman–Crippen MR) is 79.6 cm³/mol. The Morgan fingerprint density at radius 3 is 2.29 bits per heavy atom. The molecule has 0 spiro atoms. The first-order valence-electron chi connectivity index (χ1n) is 7.31. The van der Waals surface area contributed by atoms with Crippen LogP contribution in [0, 0.1) is 0 Å². The number of amides is 1. The quantitative estimate of drug-likeness (QED) is 0.732. The molecule has 1 aliphatic carbocycles. The number of nitrogens with one attached hydrogen (secondary N) is 3. The second-order valence-corrected chi connectivity index (χ2v) is 7.55. The summed E-state index contributed by atoms with van der Waals surface area (Å²) in [5.41, 5.74) is 2.15. The van der Waals surface area contributed by atoms with E-state index in [1.807, 2.05) is 24.3 Å². The lowest BCUT2D eigenvalue weighted by Gasteiger charge is -2.20. The number of rotatable bonds is 2. The van der Waals surface area contributed by atoms with E-state index < -0.39 is 13.7 Å². The average Bonchev–Trinajstić information content (AvgIpc) is 2.90. The van der Waals surface area contributed by atoms with Gasteiger partial charge in [0.15, 0.2) is 0 Å². The molecule has 3 N–H and O–H groups in total. The second kappa shape index (κ2) is 6.18. The molecule has 0 atom stereocenters. The molecule has 1 saturated carbocycles. The Bertz CT molecular complexity index is 541. The van der Waals surface area contributed by atoms with Gasteiger partial charge in [-0.15, -0.1) is 0 Å². The molecule has 1 fully saturated rings. The fraction of sp³-hybridized carbons (Fsp3) is 0.500. The number of carbonyl (C=O) groups is 1. The second-order valence-electron chi connectivity index (χ2n) is 5.47. The monoisotopic (exact) mass is 309 g/mol. The van der Waals surface area contributed by atoms with Crippen molar-refractivity contribution in [1.29, 1.82) is 0 Å². The van der Waals surface area contributed by atoms with Crippen molar-refractivity contribution >= 4 is 13.7 Å². The molecule has 0 aromatic heterocycles. The Balaban J connectivity index is 1.60. The van der Waals surface area contributed by atoms with Gasteiger partial charge in [0.1, 0.15) is 6.10 Å². The van der Waals surface area contributed by atoms with Crippen molar-refractivity contribution in [2.24, 2.45) is 0 Å². The third-order valence-electron chi connectivity index (χ3n) is 3.93. The molecule has 7 heteroatoms. The molecule has 21 heavy (non-hydrogen) atoms. The summed E-state index contributed by atoms with van der Waals surface area (Å²) in [5.74, 6) is 0. The molecule has 0 unspecified atom stereocenters. The van der Waals surface area contributed by atoms with Crippen LogP contribution in [0.5, 0.6) is 0 Å². The van der Waals surface area contributed by atoms with Crippen LogP contribution in [0.3, 0.4) is 0 Å². The van der Waals surface area contributed by atoms with Crippen LogP contribution < -0.4 is 15.3 Å². The minimum absolute atomic E-state index is 0.0409. The predicted octanol–water partition coefficient (Wildman–Crippen LogP) is 2.66. The minimum atomic E-state index is -3.18. The van der Waals surface area contributed by atoms with Crippen LogP contribution in [0.25, 0.3) is 0 Å². The molecule has 0 radical (unpaired) electrons. The first kappa shape index (κ1) is 14.6. The van der Waals surface area contributed by atoms with E-state index in [2.05, 4.69) is 15.3 Å². The number of fused-ring (bicyclic) bond motifs is 1. The fourth-order valence-electron chi connectivity index (χ4n) is 2.74. The largest absolute Gasteiger partial charge is 0.446 e. The normalized spacial score (nSPS) is 21.3. The zero-order valence-electron chi connectivity index (χ0n) is 11.8. The Hall–Kier alpha value is -1.36. The van der Waals surface area contributed by atoms with Crippen LogP contribution >= 0.6 is 7.59 Å². The molecule has 0 saturated heterocycles. The van der Waals surface area contributed by atoms with Crippen LogP contribution in [0.15, 0.2) is 24.3 Å². The molecular formula is C14H20N3O3P. The van der Waals surface area contributed by atoms with E-state index in [-0.39, 0.29) is 6.10 Å². The Morgan fingerprint density at radius 2 is 1.71 bits per heavy atom. The summed E-state index contributed by atoms with van der Waals surface area (Å²) < 4.78 is 18.0. The molecule has 2 aliphatic rings. The van der Waals surface area contributed by atoms with Crippen LogP contribution in [-0.2, 0) is 22.4 Å². The Morgan fingerprint density at radius 1 is 1.14 bits per heavy atom. The molecule has 6 nitrogen and oxygen atoms in total. The molecule has 3 rings (SSSR count). The topological polar surface area (TPSA) is 79.5 Å². The summed E-state index contributed by atoms with van der Waals surface area (Å²) >= 11 is 0. The van der Waals surface area contributed by atoms with Gasteiger partial charge in [-0.25, -0.2) is 20.1 Å². The zero-order chi connectivity index (χ0) is 14.7. The van der Waals surface area contributed by atoms with Gasteiger partial charge in [0.25, 0.3) is 0 Å². The number of hydrogen-bond donors (Lipinski definition) is 3. The maximum Gasteiger partial charge on any atom is 0.414 e. The molecule has 1 aromatic carbocycles. The van der Waals surface area contributed by atoms with Gasteiger partial charge in [0.2, 0.25) is 0 Å². The van der Waals surface area contributed by atoms with Crippen molar-refractivity contribution < 1.29 is 14.1 Å². The highest BCUT2D eigenvalue weighted by atomic mass is 31.2. The average molecular weight is 309 g/mol. The van der Waals surface area contributed by atoms with Crippen molar-refractivity contribution in [3.05, 3.63) is 35.4 Å². The van der Waals surface area contributed by atoms with Crippen LogP contribution in [0.4, 0.5) is 4.79 Å². The lowest BCUT2D eigenvalue weighted by atomic mass is 10.1. The van der Waals surface area contributed by atoms with Crippen molar-refractivity contribution in [2.75, 3.05) is 0 Å². The summed E-state index contributed by atoms with van der Waals surface area (Å²) in [5, 5.41) is 8.27. The smallest absolute Gasteiger partial charge is 0.414 e. The van der Waals surface area contributed by atoms with Gasteiger partial charge < -0.3 is 4.74 Å². The van der Waals surface area contributed by atoms with E-state index in [1.165, 1.54) is 0 Å². The van der Waals surface area contributed by atoms with Crippen LogP contribution in [-0.4, -0.2) is 12.2 Å². The Kier molecular flexibility index (Phi) is 4.29. The summed E-state index contributed by atoms with van der Waals surface area (Å²) in [7, 11) is -3.18. The summed E-state index contributed by atoms with van der Waals surface area (Å²) in [6.07, 6.45) is 3.30. The lowest BCUT2D eigenvalue weighted by Crippen LogP contribution is -2.35. The third-order valence-corrected chi connectivity index (χ3v) is 5.63. The van der Waals surface area contributed by atoms with E-state index in [4.69, 9.17) is 4.74 Å². The molecular weight excluding hydrogens is 289 g/mol. The number of carbonyl (C=O) groups excluding carboxylic acids is 1. The third kappa shape index (κ3) is 3.64. The lowest BCUT2D eigenvalue weighted by molar-refractivity contribution is 0.106. The van der Waals surface area contributed by atoms with Crippen molar-refractivity contribution in [2.45, 2.75) is 44.9 Å². The van der Waals surface area contributed by atoms with Gasteiger partial charge in [-0.2, -0.15) is 0 Å². The maximum atomic E-state index is 12.7. The maximum absolute atomic E-state index is 12.7. The molecule has 1 heterocycles. The van der Waals surface area contributed by atoms with Gasteiger partial charge >= 0.3 is 13.7 Å². The molecule has 114 valence electrons. The van der Waals surface area contributed by atoms with E-state index >= 15 is 0 Å². The zero-order valence-corrected chi connectivity index (χ0v) is 12.7. The van der Waals surface area contributed by atoms with Gasteiger partial charge in [0.05, 0.1) is 0 Å². The summed E-state index contributed by atoms with van der Waals surface area (Å²) in [4.78, 5) is 11.9. The van der Waals surface area contributed by atoms with E-state index in [0.717, 1.165) is 36.8 Å². The molecule has 0 bridgehead atoms. The SMILES string of the molecule is O=C(NP1(=O)NCc2ccccc2CN1)OC1CCCC1. The highest BCUT2D eigenvalue weighted by molar-refractivity contribution is 7.58. The van der Waals surface area contributed by atoms with Crippen LogP contribution in [0.1, 0.15) is 36.8 Å². The van der Waals surface area contributed by atoms with Gasteiger partial charge in [0, 0.05) is 13.1 Å². The van der Waals surface area contributed by atoms with Crippen molar-refractivity contribution in [3.8, 4) is 0 Å².